The molecule has 138 valence electrons. The molecule has 1 saturated heterocycles. The van der Waals surface area contributed by atoms with Gasteiger partial charge in [0.05, 0.1) is 0 Å². The second-order valence-electron chi connectivity index (χ2n) is 7.55. The van der Waals surface area contributed by atoms with Crippen molar-refractivity contribution in [3.05, 3.63) is 89.5 Å². The molecule has 2 heteroatoms. The number of aryl methyl sites for hydroxylation is 1. The van der Waals surface area contributed by atoms with Gasteiger partial charge in [-0.15, -0.1) is 0 Å². The number of hydrogen-bond acceptors (Lipinski definition) is 2. The van der Waals surface area contributed by atoms with Crippen molar-refractivity contribution in [3.8, 4) is 11.1 Å². The summed E-state index contributed by atoms with van der Waals surface area (Å²) in [4.78, 5) is 5.12. The Morgan fingerprint density at radius 2 is 1.41 bits per heavy atom. The zero-order valence-electron chi connectivity index (χ0n) is 16.4. The Balaban J connectivity index is 1.40. The lowest BCUT2D eigenvalue weighted by Gasteiger charge is -2.37. The molecule has 1 fully saturated rings. The highest BCUT2D eigenvalue weighted by Gasteiger charge is 2.19. The zero-order chi connectivity index (χ0) is 18.6. The van der Waals surface area contributed by atoms with Gasteiger partial charge in [0.2, 0.25) is 0 Å². The van der Waals surface area contributed by atoms with E-state index in [1.54, 1.807) is 0 Å². The van der Waals surface area contributed by atoms with Crippen molar-refractivity contribution >= 4 is 5.69 Å². The normalized spacial score (nSPS) is 15.1. The molecule has 0 aliphatic carbocycles. The summed E-state index contributed by atoms with van der Waals surface area (Å²) in [5.74, 6) is 0. The molecule has 0 saturated carbocycles. The van der Waals surface area contributed by atoms with Crippen molar-refractivity contribution in [2.75, 3.05) is 31.1 Å². The van der Waals surface area contributed by atoms with Crippen molar-refractivity contribution in [2.45, 2.75) is 20.4 Å². The van der Waals surface area contributed by atoms with E-state index in [9.17, 15) is 0 Å². The molecule has 1 heterocycles. The molecule has 27 heavy (non-hydrogen) atoms. The summed E-state index contributed by atoms with van der Waals surface area (Å²) in [7, 11) is 0. The number of piperazine rings is 1. The molecule has 4 rings (SSSR count). The Kier molecular flexibility index (Phi) is 5.26. The van der Waals surface area contributed by atoms with Crippen molar-refractivity contribution in [1.82, 2.24) is 4.90 Å². The fourth-order valence-electron chi connectivity index (χ4n) is 3.96. The highest BCUT2D eigenvalue weighted by Crippen LogP contribution is 2.25. The summed E-state index contributed by atoms with van der Waals surface area (Å²) >= 11 is 0. The van der Waals surface area contributed by atoms with Gasteiger partial charge in [-0.3, -0.25) is 4.90 Å². The van der Waals surface area contributed by atoms with E-state index in [1.807, 2.05) is 0 Å². The van der Waals surface area contributed by atoms with E-state index in [0.717, 1.165) is 32.7 Å². The maximum Gasteiger partial charge on any atom is 0.0399 e. The average Bonchev–Trinajstić information content (AvgIpc) is 2.72. The number of benzene rings is 3. The molecule has 3 aromatic rings. The van der Waals surface area contributed by atoms with Gasteiger partial charge < -0.3 is 4.90 Å². The minimum Gasteiger partial charge on any atom is -0.369 e. The van der Waals surface area contributed by atoms with E-state index in [-0.39, 0.29) is 0 Å². The minimum atomic E-state index is 1.03. The third kappa shape index (κ3) is 4.06. The fraction of sp³-hybridized carbons (Fsp3) is 0.280. The van der Waals surface area contributed by atoms with Crippen LogP contribution in [0.1, 0.15) is 16.7 Å². The summed E-state index contributed by atoms with van der Waals surface area (Å²) in [6, 6.07) is 26.3. The molecular formula is C25H28N2. The van der Waals surface area contributed by atoms with Crippen LogP contribution in [-0.2, 0) is 6.54 Å². The first kappa shape index (κ1) is 17.8. The number of rotatable bonds is 4. The van der Waals surface area contributed by atoms with E-state index >= 15 is 0 Å². The monoisotopic (exact) mass is 356 g/mol. The van der Waals surface area contributed by atoms with Crippen molar-refractivity contribution in [2.24, 2.45) is 0 Å². The lowest BCUT2D eigenvalue weighted by atomic mass is 10.0. The lowest BCUT2D eigenvalue weighted by Crippen LogP contribution is -2.46. The molecular weight excluding hydrogens is 328 g/mol. The molecule has 0 amide bonds. The third-order valence-corrected chi connectivity index (χ3v) is 5.73. The van der Waals surface area contributed by atoms with Gasteiger partial charge in [-0.05, 0) is 53.8 Å². The number of anilines is 1. The van der Waals surface area contributed by atoms with Crippen LogP contribution in [-0.4, -0.2) is 31.1 Å². The standard InChI is InChI=1S/C25H28N2/c1-20-8-6-13-25(21(20)2)27-16-14-26(15-17-27)19-22-9-7-12-24(18-22)23-10-4-3-5-11-23/h3-13,18H,14-17,19H2,1-2H3. The maximum atomic E-state index is 2.58. The van der Waals surface area contributed by atoms with Gasteiger partial charge in [0.25, 0.3) is 0 Å². The Morgan fingerprint density at radius 3 is 2.19 bits per heavy atom. The molecule has 0 atom stereocenters. The van der Waals surface area contributed by atoms with Crippen LogP contribution in [0.2, 0.25) is 0 Å². The smallest absolute Gasteiger partial charge is 0.0399 e. The third-order valence-electron chi connectivity index (χ3n) is 5.73. The van der Waals surface area contributed by atoms with Gasteiger partial charge >= 0.3 is 0 Å². The molecule has 0 bridgehead atoms. The summed E-state index contributed by atoms with van der Waals surface area (Å²) in [6.07, 6.45) is 0. The van der Waals surface area contributed by atoms with Gasteiger partial charge in [0, 0.05) is 38.4 Å². The Hall–Kier alpha value is -2.58. The molecule has 1 aliphatic heterocycles. The van der Waals surface area contributed by atoms with Gasteiger partial charge in [0.15, 0.2) is 0 Å². The van der Waals surface area contributed by atoms with E-state index < -0.39 is 0 Å². The van der Waals surface area contributed by atoms with Gasteiger partial charge in [0.1, 0.15) is 0 Å². The highest BCUT2D eigenvalue weighted by atomic mass is 15.3. The minimum absolute atomic E-state index is 1.03. The highest BCUT2D eigenvalue weighted by molar-refractivity contribution is 5.64. The second kappa shape index (κ2) is 7.98. The molecule has 2 nitrogen and oxygen atoms in total. The summed E-state index contributed by atoms with van der Waals surface area (Å²) in [5.41, 5.74) is 8.20. The van der Waals surface area contributed by atoms with Gasteiger partial charge in [-0.25, -0.2) is 0 Å². The first-order valence-electron chi connectivity index (χ1n) is 9.88. The van der Waals surface area contributed by atoms with Crippen LogP contribution in [0.5, 0.6) is 0 Å². The predicted molar refractivity (Wildman–Crippen MR) is 115 cm³/mol. The Morgan fingerprint density at radius 1 is 0.704 bits per heavy atom. The van der Waals surface area contributed by atoms with Crippen molar-refractivity contribution < 1.29 is 0 Å². The molecule has 3 aromatic carbocycles. The average molecular weight is 357 g/mol. The van der Waals surface area contributed by atoms with Crippen LogP contribution < -0.4 is 4.90 Å². The molecule has 0 N–H and O–H groups in total. The van der Waals surface area contributed by atoms with Crippen LogP contribution in [0.3, 0.4) is 0 Å². The maximum absolute atomic E-state index is 2.58. The number of nitrogens with zero attached hydrogens (tertiary/aromatic N) is 2. The van der Waals surface area contributed by atoms with Crippen LogP contribution >= 0.6 is 0 Å². The molecule has 0 aromatic heterocycles. The van der Waals surface area contributed by atoms with Crippen LogP contribution in [0.15, 0.2) is 72.8 Å². The Bertz CT molecular complexity index is 893. The van der Waals surface area contributed by atoms with E-state index in [2.05, 4.69) is 96.4 Å². The summed E-state index contributed by atoms with van der Waals surface area (Å²) in [5, 5.41) is 0. The van der Waals surface area contributed by atoms with E-state index in [1.165, 1.54) is 33.5 Å². The number of hydrogen-bond donors (Lipinski definition) is 0. The first-order chi connectivity index (χ1) is 13.2. The van der Waals surface area contributed by atoms with E-state index in [0.29, 0.717) is 0 Å². The largest absolute Gasteiger partial charge is 0.369 e. The van der Waals surface area contributed by atoms with Crippen molar-refractivity contribution in [1.29, 1.82) is 0 Å². The molecule has 0 unspecified atom stereocenters. The van der Waals surface area contributed by atoms with Crippen LogP contribution in [0, 0.1) is 13.8 Å². The van der Waals surface area contributed by atoms with Crippen LogP contribution in [0.25, 0.3) is 11.1 Å². The quantitative estimate of drug-likeness (QED) is 0.626. The van der Waals surface area contributed by atoms with Crippen molar-refractivity contribution in [3.63, 3.8) is 0 Å². The zero-order valence-corrected chi connectivity index (χ0v) is 16.4. The topological polar surface area (TPSA) is 6.48 Å². The van der Waals surface area contributed by atoms with Gasteiger partial charge in [-0.1, -0.05) is 60.7 Å². The molecule has 0 radical (unpaired) electrons. The predicted octanol–water partition coefficient (Wildman–Crippen LogP) is 5.29. The second-order valence-corrected chi connectivity index (χ2v) is 7.55. The lowest BCUT2D eigenvalue weighted by molar-refractivity contribution is 0.250. The van der Waals surface area contributed by atoms with Gasteiger partial charge in [-0.2, -0.15) is 0 Å². The molecule has 0 spiro atoms. The van der Waals surface area contributed by atoms with E-state index in [4.69, 9.17) is 0 Å². The Labute approximate surface area is 163 Å². The first-order valence-corrected chi connectivity index (χ1v) is 9.88. The fourth-order valence-corrected chi connectivity index (χ4v) is 3.96. The molecule has 1 aliphatic rings. The van der Waals surface area contributed by atoms with Crippen LogP contribution in [0.4, 0.5) is 5.69 Å². The SMILES string of the molecule is Cc1cccc(N2CCN(Cc3cccc(-c4ccccc4)c3)CC2)c1C. The summed E-state index contributed by atoms with van der Waals surface area (Å²) in [6.45, 7) is 9.90. The summed E-state index contributed by atoms with van der Waals surface area (Å²) < 4.78 is 0.